The van der Waals surface area contributed by atoms with Crippen molar-refractivity contribution in [3.63, 3.8) is 0 Å². The van der Waals surface area contributed by atoms with E-state index in [4.69, 9.17) is 10.2 Å². The summed E-state index contributed by atoms with van der Waals surface area (Å²) in [4.78, 5) is 5.00. The van der Waals surface area contributed by atoms with E-state index in [9.17, 15) is 0 Å². The number of rotatable bonds is 4. The first kappa shape index (κ1) is 24.8. The lowest BCUT2D eigenvalue weighted by Gasteiger charge is -2.12. The Morgan fingerprint density at radius 3 is 1.79 bits per heavy atom. The average molecular weight is 548 g/mol. The zero-order chi connectivity index (χ0) is 28.8. The monoisotopic (exact) mass is 547 g/mol. The number of fused-ring (bicyclic) bond motifs is 3. The van der Waals surface area contributed by atoms with Crippen LogP contribution in [-0.2, 0) is 0 Å². The number of hydrogen-bond donors (Lipinski definition) is 0. The molecule has 0 amide bonds. The van der Waals surface area contributed by atoms with Gasteiger partial charge in [0.15, 0.2) is 0 Å². The van der Waals surface area contributed by atoms with Crippen molar-refractivity contribution in [1.29, 1.82) is 5.26 Å². The highest BCUT2D eigenvalue weighted by molar-refractivity contribution is 5.94. The molecule has 7 aromatic carbocycles. The van der Waals surface area contributed by atoms with Gasteiger partial charge in [-0.25, -0.2) is 4.98 Å². The molecule has 0 saturated carbocycles. The number of para-hydroxylation sites is 2. The Kier molecular flexibility index (Phi) is 5.84. The van der Waals surface area contributed by atoms with E-state index in [1.54, 1.807) is 0 Å². The minimum Gasteiger partial charge on any atom is -0.292 e. The molecular weight excluding hydrogens is 522 g/mol. The first-order valence-corrected chi connectivity index (χ1v) is 14.4. The zero-order valence-corrected chi connectivity index (χ0v) is 23.3. The third-order valence-corrected chi connectivity index (χ3v) is 8.20. The van der Waals surface area contributed by atoms with Crippen LogP contribution >= 0.6 is 0 Å². The Bertz CT molecular complexity index is 2340. The molecule has 1 aromatic heterocycles. The summed E-state index contributed by atoms with van der Waals surface area (Å²) in [5, 5.41) is 13.9. The van der Waals surface area contributed by atoms with Gasteiger partial charge in [-0.1, -0.05) is 97.1 Å². The number of nitrogens with zero attached hydrogens (tertiary/aromatic N) is 3. The van der Waals surface area contributed by atoms with E-state index >= 15 is 0 Å². The van der Waals surface area contributed by atoms with Crippen molar-refractivity contribution >= 4 is 32.6 Å². The molecule has 3 nitrogen and oxygen atoms in total. The van der Waals surface area contributed by atoms with Crippen LogP contribution in [0.1, 0.15) is 5.56 Å². The number of benzene rings is 7. The second kappa shape index (κ2) is 10.1. The van der Waals surface area contributed by atoms with Gasteiger partial charge in [-0.15, -0.1) is 0 Å². The quantitative estimate of drug-likeness (QED) is 0.220. The molecule has 0 unspecified atom stereocenters. The van der Waals surface area contributed by atoms with Crippen molar-refractivity contribution in [3.8, 4) is 45.4 Å². The lowest BCUT2D eigenvalue weighted by atomic mass is 9.96. The molecule has 0 saturated heterocycles. The molecule has 0 bridgehead atoms. The van der Waals surface area contributed by atoms with E-state index in [1.165, 1.54) is 32.7 Å². The number of imidazole rings is 1. The second-order valence-electron chi connectivity index (χ2n) is 10.8. The van der Waals surface area contributed by atoms with Crippen LogP contribution in [0.2, 0.25) is 0 Å². The Morgan fingerprint density at radius 1 is 0.465 bits per heavy atom. The number of aromatic nitrogens is 2. The van der Waals surface area contributed by atoms with Crippen LogP contribution in [0.15, 0.2) is 152 Å². The Hall–Kier alpha value is -5.98. The van der Waals surface area contributed by atoms with Gasteiger partial charge in [0, 0.05) is 11.3 Å². The van der Waals surface area contributed by atoms with Gasteiger partial charge in [0.25, 0.3) is 0 Å². The largest absolute Gasteiger partial charge is 0.292 e. The fourth-order valence-electron chi connectivity index (χ4n) is 5.96. The SMILES string of the molecule is N#Cc1ccc(-c2ccc3ccc(-c4ccc5cc(-n6c(-c7ccccc7)nc7ccccc76)ccc5c4)cc3c2)cc1. The predicted molar refractivity (Wildman–Crippen MR) is 177 cm³/mol. The second-order valence-corrected chi connectivity index (χ2v) is 10.8. The zero-order valence-electron chi connectivity index (χ0n) is 23.3. The lowest BCUT2D eigenvalue weighted by Crippen LogP contribution is -1.97. The van der Waals surface area contributed by atoms with Crippen LogP contribution in [0.5, 0.6) is 0 Å². The Balaban J connectivity index is 1.18. The highest BCUT2D eigenvalue weighted by Crippen LogP contribution is 2.33. The van der Waals surface area contributed by atoms with E-state index in [-0.39, 0.29) is 0 Å². The van der Waals surface area contributed by atoms with Crippen LogP contribution < -0.4 is 0 Å². The molecule has 0 fully saturated rings. The first-order valence-electron chi connectivity index (χ1n) is 14.4. The van der Waals surface area contributed by atoms with Crippen molar-refractivity contribution in [1.82, 2.24) is 9.55 Å². The third-order valence-electron chi connectivity index (χ3n) is 8.20. The van der Waals surface area contributed by atoms with Gasteiger partial charge in [0.1, 0.15) is 5.82 Å². The van der Waals surface area contributed by atoms with E-state index in [2.05, 4.69) is 126 Å². The fraction of sp³-hybridized carbons (Fsp3) is 0. The molecule has 3 heteroatoms. The highest BCUT2D eigenvalue weighted by Gasteiger charge is 2.14. The maximum Gasteiger partial charge on any atom is 0.145 e. The molecule has 0 aliphatic carbocycles. The summed E-state index contributed by atoms with van der Waals surface area (Å²) < 4.78 is 2.26. The van der Waals surface area contributed by atoms with Crippen molar-refractivity contribution in [2.45, 2.75) is 0 Å². The smallest absolute Gasteiger partial charge is 0.145 e. The molecule has 200 valence electrons. The Morgan fingerprint density at radius 2 is 1.05 bits per heavy atom. The summed E-state index contributed by atoms with van der Waals surface area (Å²) in [7, 11) is 0. The summed E-state index contributed by atoms with van der Waals surface area (Å²) >= 11 is 0. The minimum absolute atomic E-state index is 0.672. The molecule has 1 heterocycles. The molecule has 0 atom stereocenters. The van der Waals surface area contributed by atoms with Gasteiger partial charge in [-0.05, 0) is 98.4 Å². The molecule has 8 aromatic rings. The number of hydrogen-bond acceptors (Lipinski definition) is 2. The first-order chi connectivity index (χ1) is 21.2. The topological polar surface area (TPSA) is 41.6 Å². The van der Waals surface area contributed by atoms with E-state index in [0.717, 1.165) is 39.2 Å². The van der Waals surface area contributed by atoms with Crippen molar-refractivity contribution in [3.05, 3.63) is 157 Å². The lowest BCUT2D eigenvalue weighted by molar-refractivity contribution is 1.11. The van der Waals surface area contributed by atoms with Gasteiger partial charge >= 0.3 is 0 Å². The summed E-state index contributed by atoms with van der Waals surface area (Å²) in [5.41, 5.74) is 9.54. The third kappa shape index (κ3) is 4.43. The Labute approximate surface area is 249 Å². The molecule has 0 radical (unpaired) electrons. The maximum absolute atomic E-state index is 9.14. The average Bonchev–Trinajstić information content (AvgIpc) is 3.47. The molecular formula is C40H25N3. The molecule has 43 heavy (non-hydrogen) atoms. The van der Waals surface area contributed by atoms with Crippen LogP contribution in [0, 0.1) is 11.3 Å². The molecule has 0 N–H and O–H groups in total. The fourth-order valence-corrected chi connectivity index (χ4v) is 5.96. The van der Waals surface area contributed by atoms with Crippen LogP contribution in [-0.4, -0.2) is 9.55 Å². The highest BCUT2D eigenvalue weighted by atomic mass is 15.1. The van der Waals surface area contributed by atoms with Crippen molar-refractivity contribution in [2.24, 2.45) is 0 Å². The van der Waals surface area contributed by atoms with Crippen molar-refractivity contribution < 1.29 is 0 Å². The van der Waals surface area contributed by atoms with Gasteiger partial charge in [-0.3, -0.25) is 4.57 Å². The summed E-state index contributed by atoms with van der Waals surface area (Å²) in [5.74, 6) is 0.939. The summed E-state index contributed by atoms with van der Waals surface area (Å²) in [6.45, 7) is 0. The van der Waals surface area contributed by atoms with Gasteiger partial charge in [0.05, 0.1) is 22.7 Å². The van der Waals surface area contributed by atoms with Crippen molar-refractivity contribution in [2.75, 3.05) is 0 Å². The van der Waals surface area contributed by atoms with Gasteiger partial charge in [0.2, 0.25) is 0 Å². The van der Waals surface area contributed by atoms with E-state index in [0.29, 0.717) is 5.56 Å². The minimum atomic E-state index is 0.672. The summed E-state index contributed by atoms with van der Waals surface area (Å²) in [6.07, 6.45) is 0. The maximum atomic E-state index is 9.14. The van der Waals surface area contributed by atoms with Gasteiger partial charge in [-0.2, -0.15) is 5.26 Å². The van der Waals surface area contributed by atoms with Crippen LogP contribution in [0.25, 0.3) is 71.9 Å². The van der Waals surface area contributed by atoms with Crippen LogP contribution in [0.4, 0.5) is 0 Å². The number of nitriles is 1. The van der Waals surface area contributed by atoms with Gasteiger partial charge < -0.3 is 0 Å². The molecule has 8 rings (SSSR count). The normalized spacial score (nSPS) is 11.2. The van der Waals surface area contributed by atoms with Crippen LogP contribution in [0.3, 0.4) is 0 Å². The van der Waals surface area contributed by atoms with E-state index in [1.807, 2.05) is 36.4 Å². The molecule has 0 spiro atoms. The summed E-state index contributed by atoms with van der Waals surface area (Å²) in [6, 6.07) is 55.2. The predicted octanol–water partition coefficient (Wildman–Crippen LogP) is 10.2. The standard InChI is InChI=1S/C40H25N3/c41-26-27-10-12-28(13-11-27)31-16-14-29-15-17-33(24-36(29)23-31)32-18-19-35-25-37(21-20-34(35)22-32)43-39-9-5-4-8-38(39)42-40(43)30-6-2-1-3-7-30/h1-25H. The van der Waals surface area contributed by atoms with E-state index < -0.39 is 0 Å². The molecule has 0 aliphatic heterocycles. The molecule has 0 aliphatic rings.